The van der Waals surface area contributed by atoms with Gasteiger partial charge in [0.1, 0.15) is 5.60 Å². The average Bonchev–Trinajstić information content (AvgIpc) is 3.50. The van der Waals surface area contributed by atoms with Crippen LogP contribution in [-0.4, -0.2) is 47.4 Å². The van der Waals surface area contributed by atoms with Gasteiger partial charge in [0.05, 0.1) is 29.4 Å². The van der Waals surface area contributed by atoms with E-state index in [4.69, 9.17) is 14.5 Å². The van der Waals surface area contributed by atoms with Gasteiger partial charge in [0.25, 0.3) is 0 Å². The summed E-state index contributed by atoms with van der Waals surface area (Å²) in [6, 6.07) is 4.11. The van der Waals surface area contributed by atoms with Crippen LogP contribution in [0, 0.1) is 0 Å². The van der Waals surface area contributed by atoms with Gasteiger partial charge in [-0.05, 0) is 88.7 Å². The lowest BCUT2D eigenvalue weighted by atomic mass is 9.91. The molecule has 0 bridgehead atoms. The highest BCUT2D eigenvalue weighted by atomic mass is 16.5. The van der Waals surface area contributed by atoms with Crippen molar-refractivity contribution >= 4 is 17.4 Å². The quantitative estimate of drug-likeness (QED) is 0.417. The molecule has 32 heavy (non-hydrogen) atoms. The third kappa shape index (κ3) is 4.46. The number of fused-ring (bicyclic) bond motifs is 1. The number of rotatable bonds is 9. The standard InChI is InChI=1S/C26H35N3O3/c1-4-31-24(30)14-8-9-15-26(32-5-2)18-23(21-13-10-16-27-21)29(3)25(26)22-17-19-11-6-7-12-20(19)28-22/h10,13,16-18,27H,4-9,11-12,14-15H2,1-3H3. The van der Waals surface area contributed by atoms with Gasteiger partial charge in [-0.15, -0.1) is 0 Å². The van der Waals surface area contributed by atoms with Gasteiger partial charge in [0.15, 0.2) is 0 Å². The Morgan fingerprint density at radius 1 is 1.22 bits per heavy atom. The summed E-state index contributed by atoms with van der Waals surface area (Å²) in [6.45, 7) is 4.92. The van der Waals surface area contributed by atoms with Gasteiger partial charge in [-0.1, -0.05) is 0 Å². The van der Waals surface area contributed by atoms with E-state index in [1.807, 2.05) is 26.1 Å². The first-order chi connectivity index (χ1) is 15.6. The van der Waals surface area contributed by atoms with E-state index in [0.717, 1.165) is 54.9 Å². The molecule has 1 aromatic heterocycles. The minimum absolute atomic E-state index is 0.126. The van der Waals surface area contributed by atoms with E-state index in [1.54, 1.807) is 0 Å². The molecule has 2 aliphatic heterocycles. The molecule has 0 amide bonds. The lowest BCUT2D eigenvalue weighted by Crippen LogP contribution is -2.35. The highest BCUT2D eigenvalue weighted by Crippen LogP contribution is 2.46. The van der Waals surface area contributed by atoms with Crippen LogP contribution in [0.2, 0.25) is 0 Å². The number of aliphatic imine (C=N–C) groups is 1. The van der Waals surface area contributed by atoms with Crippen molar-refractivity contribution in [2.24, 2.45) is 4.99 Å². The zero-order chi connectivity index (χ0) is 22.6. The number of aromatic nitrogens is 1. The van der Waals surface area contributed by atoms with Crippen LogP contribution in [0.25, 0.3) is 5.70 Å². The number of H-pyrrole nitrogens is 1. The molecule has 6 heteroatoms. The number of unbranched alkanes of at least 4 members (excludes halogenated alkanes) is 1. The molecule has 0 spiro atoms. The summed E-state index contributed by atoms with van der Waals surface area (Å²) >= 11 is 0. The van der Waals surface area contributed by atoms with E-state index in [1.165, 1.54) is 24.1 Å². The summed E-state index contributed by atoms with van der Waals surface area (Å²) < 4.78 is 11.6. The highest BCUT2D eigenvalue weighted by Gasteiger charge is 2.44. The molecule has 1 fully saturated rings. The van der Waals surface area contributed by atoms with Crippen LogP contribution in [0.15, 0.2) is 52.4 Å². The number of nitrogens with zero attached hydrogens (tertiary/aromatic N) is 2. The number of allylic oxidation sites excluding steroid dienone is 2. The smallest absolute Gasteiger partial charge is 0.305 e. The van der Waals surface area contributed by atoms with Crippen LogP contribution < -0.4 is 0 Å². The fraction of sp³-hybridized carbons (Fsp3) is 0.538. The third-order valence-corrected chi connectivity index (χ3v) is 6.52. The Labute approximate surface area is 191 Å². The predicted octanol–water partition coefficient (Wildman–Crippen LogP) is 5.37. The summed E-state index contributed by atoms with van der Waals surface area (Å²) in [4.78, 5) is 22.5. The molecule has 0 aromatic carbocycles. The lowest BCUT2D eigenvalue weighted by Gasteiger charge is -2.32. The van der Waals surface area contributed by atoms with Gasteiger partial charge < -0.3 is 19.4 Å². The first kappa shape index (κ1) is 22.6. The second-order valence-corrected chi connectivity index (χ2v) is 8.68. The minimum Gasteiger partial charge on any atom is -0.466 e. The van der Waals surface area contributed by atoms with Crippen LogP contribution in [-0.2, 0) is 14.3 Å². The summed E-state index contributed by atoms with van der Waals surface area (Å²) in [5.41, 5.74) is 6.36. The fourth-order valence-corrected chi connectivity index (χ4v) is 5.11. The number of carbonyl (C=O) groups excluding carboxylic acids is 1. The largest absolute Gasteiger partial charge is 0.466 e. The van der Waals surface area contributed by atoms with Crippen molar-refractivity contribution in [3.8, 4) is 0 Å². The van der Waals surface area contributed by atoms with E-state index in [9.17, 15) is 4.79 Å². The Balaban J connectivity index is 1.68. The number of esters is 1. The molecule has 1 N–H and O–H groups in total. The van der Waals surface area contributed by atoms with Gasteiger partial charge in [0, 0.05) is 32.0 Å². The second kappa shape index (κ2) is 9.90. The summed E-state index contributed by atoms with van der Waals surface area (Å²) in [7, 11) is 2.11. The Morgan fingerprint density at radius 2 is 2.06 bits per heavy atom. The fourth-order valence-electron chi connectivity index (χ4n) is 5.11. The molecule has 1 unspecified atom stereocenters. The highest BCUT2D eigenvalue weighted by molar-refractivity contribution is 6.04. The molecule has 0 radical (unpaired) electrons. The van der Waals surface area contributed by atoms with Crippen molar-refractivity contribution < 1.29 is 14.3 Å². The number of hydrogen-bond donors (Lipinski definition) is 1. The third-order valence-electron chi connectivity index (χ3n) is 6.52. The summed E-state index contributed by atoms with van der Waals surface area (Å²) in [5, 5.41) is 0. The molecule has 1 atom stereocenters. The predicted molar refractivity (Wildman–Crippen MR) is 127 cm³/mol. The van der Waals surface area contributed by atoms with Gasteiger partial charge in [-0.3, -0.25) is 9.79 Å². The average molecular weight is 438 g/mol. The molecule has 1 saturated carbocycles. The van der Waals surface area contributed by atoms with Crippen LogP contribution >= 0.6 is 0 Å². The number of carbonyl (C=O) groups is 1. The maximum absolute atomic E-state index is 11.8. The normalized spacial score (nSPS) is 24.8. The summed E-state index contributed by atoms with van der Waals surface area (Å²) in [5.74, 6) is -0.126. The number of aromatic amines is 1. The molecule has 6 nitrogen and oxygen atoms in total. The Morgan fingerprint density at radius 3 is 2.78 bits per heavy atom. The zero-order valence-electron chi connectivity index (χ0n) is 19.6. The van der Waals surface area contributed by atoms with E-state index in [2.05, 4.69) is 35.1 Å². The Bertz CT molecular complexity index is 931. The molecular formula is C26H35N3O3. The first-order valence-electron chi connectivity index (χ1n) is 12.0. The first-order valence-corrected chi connectivity index (χ1v) is 12.0. The molecular weight excluding hydrogens is 402 g/mol. The topological polar surface area (TPSA) is 66.9 Å². The van der Waals surface area contributed by atoms with Crippen LogP contribution in [0.5, 0.6) is 0 Å². The van der Waals surface area contributed by atoms with Crippen molar-refractivity contribution in [2.75, 3.05) is 20.3 Å². The van der Waals surface area contributed by atoms with Gasteiger partial charge in [-0.25, -0.2) is 0 Å². The van der Waals surface area contributed by atoms with Crippen molar-refractivity contribution in [2.45, 2.75) is 70.8 Å². The number of ether oxygens (including phenoxy) is 2. The molecule has 1 aromatic rings. The SMILES string of the molecule is CCOC(=O)CCCCC1(OCC)C=C(c2ccc[nH]2)N(C)C1=C1C=C2CCCCC2=N1. The summed E-state index contributed by atoms with van der Waals surface area (Å²) in [6.07, 6.45) is 14.0. The number of likely N-dealkylation sites (N-methyl/N-ethyl adjacent to an activating group) is 1. The Kier molecular flexibility index (Phi) is 6.99. The van der Waals surface area contributed by atoms with Crippen LogP contribution in [0.4, 0.5) is 0 Å². The van der Waals surface area contributed by atoms with Gasteiger partial charge in [-0.2, -0.15) is 0 Å². The van der Waals surface area contributed by atoms with E-state index >= 15 is 0 Å². The number of nitrogens with one attached hydrogen (secondary N) is 1. The number of hydrogen-bond acceptors (Lipinski definition) is 5. The molecule has 0 saturated heterocycles. The molecule has 3 heterocycles. The van der Waals surface area contributed by atoms with Crippen molar-refractivity contribution in [3.05, 3.63) is 53.1 Å². The van der Waals surface area contributed by atoms with Crippen molar-refractivity contribution in [3.63, 3.8) is 0 Å². The van der Waals surface area contributed by atoms with Crippen molar-refractivity contribution in [1.82, 2.24) is 9.88 Å². The van der Waals surface area contributed by atoms with E-state index in [0.29, 0.717) is 19.6 Å². The molecule has 172 valence electrons. The van der Waals surface area contributed by atoms with E-state index in [-0.39, 0.29) is 5.97 Å². The van der Waals surface area contributed by atoms with Crippen LogP contribution in [0.1, 0.15) is 70.9 Å². The van der Waals surface area contributed by atoms with E-state index < -0.39 is 5.60 Å². The second-order valence-electron chi connectivity index (χ2n) is 8.68. The maximum Gasteiger partial charge on any atom is 0.305 e. The zero-order valence-corrected chi connectivity index (χ0v) is 19.6. The monoisotopic (exact) mass is 437 g/mol. The van der Waals surface area contributed by atoms with Gasteiger partial charge in [0.2, 0.25) is 0 Å². The molecule has 1 aliphatic carbocycles. The molecule has 3 aliphatic rings. The lowest BCUT2D eigenvalue weighted by molar-refractivity contribution is -0.143. The molecule has 4 rings (SSSR count). The maximum atomic E-state index is 11.8. The Hall–Kier alpha value is -2.60. The minimum atomic E-state index is -0.567. The van der Waals surface area contributed by atoms with Crippen LogP contribution in [0.3, 0.4) is 0 Å². The van der Waals surface area contributed by atoms with Crippen molar-refractivity contribution in [1.29, 1.82) is 0 Å². The van der Waals surface area contributed by atoms with Gasteiger partial charge >= 0.3 is 5.97 Å².